The van der Waals surface area contributed by atoms with E-state index in [2.05, 4.69) is 0 Å². The fourth-order valence-corrected chi connectivity index (χ4v) is 3.06. The summed E-state index contributed by atoms with van der Waals surface area (Å²) >= 11 is 6.10. The van der Waals surface area contributed by atoms with Gasteiger partial charge in [-0.25, -0.2) is 0 Å². The van der Waals surface area contributed by atoms with E-state index >= 15 is 0 Å². The van der Waals surface area contributed by atoms with Gasteiger partial charge >= 0.3 is 5.97 Å². The highest BCUT2D eigenvalue weighted by molar-refractivity contribution is 6.21. The number of rotatable bonds is 1. The summed E-state index contributed by atoms with van der Waals surface area (Å²) in [5.74, 6) is 0.810. The van der Waals surface area contributed by atoms with Crippen molar-refractivity contribution >= 4 is 17.6 Å². The van der Waals surface area contributed by atoms with Crippen molar-refractivity contribution in [2.45, 2.75) is 37.7 Å². The van der Waals surface area contributed by atoms with Crippen molar-refractivity contribution in [2.24, 2.45) is 11.8 Å². The third-order valence-corrected chi connectivity index (χ3v) is 3.55. The van der Waals surface area contributed by atoms with Gasteiger partial charge in [0.25, 0.3) is 0 Å². The number of esters is 1. The zero-order valence-electron chi connectivity index (χ0n) is 7.13. The lowest BCUT2D eigenvalue weighted by Gasteiger charge is -2.16. The van der Waals surface area contributed by atoms with Gasteiger partial charge in [0.05, 0.1) is 0 Å². The molecule has 0 radical (unpaired) electrons. The summed E-state index contributed by atoms with van der Waals surface area (Å²) in [5, 5.41) is 0.244. The van der Waals surface area contributed by atoms with Crippen LogP contribution in [0.4, 0.5) is 0 Å². The van der Waals surface area contributed by atoms with Crippen LogP contribution in [0.5, 0.6) is 0 Å². The Morgan fingerprint density at radius 3 is 2.67 bits per heavy atom. The molecule has 2 aliphatic rings. The van der Waals surface area contributed by atoms with E-state index in [1.165, 1.54) is 13.3 Å². The Morgan fingerprint density at radius 2 is 2.25 bits per heavy atom. The smallest absolute Gasteiger partial charge is 0.302 e. The van der Waals surface area contributed by atoms with E-state index in [1.807, 2.05) is 0 Å². The first-order valence-corrected chi connectivity index (χ1v) is 4.93. The summed E-state index contributed by atoms with van der Waals surface area (Å²) in [6.45, 7) is 1.47. The van der Waals surface area contributed by atoms with Gasteiger partial charge in [-0.1, -0.05) is 0 Å². The van der Waals surface area contributed by atoms with Crippen LogP contribution in [0.3, 0.4) is 0 Å². The van der Waals surface area contributed by atoms with Gasteiger partial charge in [-0.15, -0.1) is 11.6 Å². The number of hydrogen-bond acceptors (Lipinski definition) is 2. The molecule has 0 unspecified atom stereocenters. The van der Waals surface area contributed by atoms with E-state index in [9.17, 15) is 4.79 Å². The SMILES string of the molecule is CC(=O)O[C@@H]1[C@H]2CC[C@H]1[C@@H](Cl)C2. The maximum atomic E-state index is 10.8. The highest BCUT2D eigenvalue weighted by atomic mass is 35.5. The molecule has 2 rings (SSSR count). The van der Waals surface area contributed by atoms with Crippen LogP contribution in [-0.2, 0) is 9.53 Å². The van der Waals surface area contributed by atoms with Crippen LogP contribution in [0.1, 0.15) is 26.2 Å². The van der Waals surface area contributed by atoms with Crippen molar-refractivity contribution in [3.05, 3.63) is 0 Å². The molecule has 0 amide bonds. The van der Waals surface area contributed by atoms with Crippen molar-refractivity contribution in [3.8, 4) is 0 Å². The van der Waals surface area contributed by atoms with Gasteiger partial charge in [-0.05, 0) is 25.2 Å². The molecule has 0 aliphatic heterocycles. The molecule has 2 saturated carbocycles. The predicted octanol–water partition coefficient (Wildman–Crippen LogP) is 1.96. The van der Waals surface area contributed by atoms with Crippen LogP contribution >= 0.6 is 11.6 Å². The normalized spacial score (nSPS) is 44.8. The Hall–Kier alpha value is -0.240. The molecule has 2 aliphatic carbocycles. The summed E-state index contributed by atoms with van der Waals surface area (Å²) in [4.78, 5) is 10.8. The lowest BCUT2D eigenvalue weighted by Crippen LogP contribution is -2.22. The Bertz CT molecular complexity index is 205. The van der Waals surface area contributed by atoms with Crippen LogP contribution in [0.25, 0.3) is 0 Å². The monoisotopic (exact) mass is 188 g/mol. The van der Waals surface area contributed by atoms with Crippen LogP contribution in [0, 0.1) is 11.8 Å². The number of fused-ring (bicyclic) bond motifs is 2. The molecule has 0 aromatic rings. The first kappa shape index (κ1) is 8.36. The van der Waals surface area contributed by atoms with E-state index in [0.29, 0.717) is 11.8 Å². The Labute approximate surface area is 77.2 Å². The molecular formula is C9H13ClO2. The summed E-state index contributed by atoms with van der Waals surface area (Å²) in [6, 6.07) is 0. The van der Waals surface area contributed by atoms with Gasteiger partial charge in [0.15, 0.2) is 0 Å². The second-order valence-electron chi connectivity index (χ2n) is 3.83. The number of carbonyl (C=O) groups is 1. The van der Waals surface area contributed by atoms with E-state index in [0.717, 1.165) is 12.8 Å². The quantitative estimate of drug-likeness (QED) is 0.465. The molecule has 0 heterocycles. The van der Waals surface area contributed by atoms with Crippen molar-refractivity contribution in [3.63, 3.8) is 0 Å². The standard InChI is InChI=1S/C9H13ClO2/c1-5(11)12-9-6-2-3-7(9)8(10)4-6/h6-9H,2-4H2,1H3/t6-,7-,8-,9+/m0/s1. The second kappa shape index (κ2) is 2.91. The molecule has 2 bridgehead atoms. The number of ether oxygens (including phenoxy) is 1. The number of alkyl halides is 1. The van der Waals surface area contributed by atoms with Crippen molar-refractivity contribution in [1.29, 1.82) is 0 Å². The first-order valence-electron chi connectivity index (χ1n) is 4.50. The molecule has 4 atom stereocenters. The molecule has 0 aromatic heterocycles. The topological polar surface area (TPSA) is 26.3 Å². The molecule has 3 heteroatoms. The molecule has 0 saturated heterocycles. The summed E-state index contributed by atoms with van der Waals surface area (Å²) in [7, 11) is 0. The largest absolute Gasteiger partial charge is 0.462 e. The molecular weight excluding hydrogens is 176 g/mol. The zero-order chi connectivity index (χ0) is 8.72. The maximum Gasteiger partial charge on any atom is 0.302 e. The average molecular weight is 189 g/mol. The van der Waals surface area contributed by atoms with E-state index < -0.39 is 0 Å². The van der Waals surface area contributed by atoms with Crippen LogP contribution < -0.4 is 0 Å². The van der Waals surface area contributed by atoms with Crippen LogP contribution in [0.2, 0.25) is 0 Å². The first-order chi connectivity index (χ1) is 5.68. The van der Waals surface area contributed by atoms with Gasteiger partial charge in [-0.2, -0.15) is 0 Å². The number of carbonyl (C=O) groups excluding carboxylic acids is 1. The minimum atomic E-state index is -0.164. The summed E-state index contributed by atoms with van der Waals surface area (Å²) in [5.41, 5.74) is 0. The average Bonchev–Trinajstić information content (AvgIpc) is 2.44. The van der Waals surface area contributed by atoms with Gasteiger partial charge < -0.3 is 4.74 Å². The van der Waals surface area contributed by atoms with Crippen molar-refractivity contribution in [2.75, 3.05) is 0 Å². The maximum absolute atomic E-state index is 10.8. The van der Waals surface area contributed by atoms with Crippen molar-refractivity contribution in [1.82, 2.24) is 0 Å². The highest BCUT2D eigenvalue weighted by Crippen LogP contribution is 2.48. The lowest BCUT2D eigenvalue weighted by molar-refractivity contribution is -0.148. The Kier molecular flexibility index (Phi) is 2.03. The van der Waals surface area contributed by atoms with Crippen molar-refractivity contribution < 1.29 is 9.53 Å². The minimum Gasteiger partial charge on any atom is -0.462 e. The molecule has 0 aromatic carbocycles. The predicted molar refractivity (Wildman–Crippen MR) is 46.0 cm³/mol. The molecule has 12 heavy (non-hydrogen) atoms. The van der Waals surface area contributed by atoms with Crippen LogP contribution in [-0.4, -0.2) is 17.5 Å². The third-order valence-electron chi connectivity index (χ3n) is 3.05. The molecule has 68 valence electrons. The molecule has 0 N–H and O–H groups in total. The number of hydrogen-bond donors (Lipinski definition) is 0. The van der Waals surface area contributed by atoms with Gasteiger partial charge in [0, 0.05) is 18.2 Å². The zero-order valence-corrected chi connectivity index (χ0v) is 7.88. The highest BCUT2D eigenvalue weighted by Gasteiger charge is 2.49. The summed E-state index contributed by atoms with van der Waals surface area (Å²) < 4.78 is 5.25. The molecule has 2 nitrogen and oxygen atoms in total. The van der Waals surface area contributed by atoms with Gasteiger partial charge in [0.1, 0.15) is 6.10 Å². The minimum absolute atomic E-state index is 0.130. The fraction of sp³-hybridized carbons (Fsp3) is 0.889. The number of halogens is 1. The second-order valence-corrected chi connectivity index (χ2v) is 4.39. The fourth-order valence-electron chi connectivity index (χ4n) is 2.56. The Balaban J connectivity index is 2.03. The Morgan fingerprint density at radius 1 is 1.50 bits per heavy atom. The molecule has 0 spiro atoms. The lowest BCUT2D eigenvalue weighted by atomic mass is 10.0. The van der Waals surface area contributed by atoms with E-state index in [-0.39, 0.29) is 17.5 Å². The van der Waals surface area contributed by atoms with E-state index in [4.69, 9.17) is 16.3 Å². The van der Waals surface area contributed by atoms with E-state index in [1.54, 1.807) is 0 Å². The van der Waals surface area contributed by atoms with Crippen LogP contribution in [0.15, 0.2) is 0 Å². The van der Waals surface area contributed by atoms with Gasteiger partial charge in [0.2, 0.25) is 0 Å². The summed E-state index contributed by atoms with van der Waals surface area (Å²) in [6.07, 6.45) is 3.48. The third kappa shape index (κ3) is 1.22. The molecule has 2 fully saturated rings. The van der Waals surface area contributed by atoms with Gasteiger partial charge in [-0.3, -0.25) is 4.79 Å².